The van der Waals surface area contributed by atoms with Crippen LogP contribution in [0.2, 0.25) is 0 Å². The number of thiazole rings is 1. The Bertz CT molecular complexity index is 480. The van der Waals surface area contributed by atoms with Crippen molar-refractivity contribution in [1.82, 2.24) is 4.98 Å². The number of nitrogens with two attached hydrogens (primary N) is 1. The molecule has 4 heteroatoms. The summed E-state index contributed by atoms with van der Waals surface area (Å²) in [5, 5.41) is 3.32. The number of rotatable bonds is 5. The van der Waals surface area contributed by atoms with Gasteiger partial charge in [0.15, 0.2) is 0 Å². The molecule has 2 aromatic rings. The van der Waals surface area contributed by atoms with Crippen molar-refractivity contribution in [2.45, 2.75) is 13.3 Å². The Morgan fingerprint density at radius 2 is 2.29 bits per heavy atom. The Morgan fingerprint density at radius 1 is 1.41 bits per heavy atom. The molecular formula is C13H16N2S2. The minimum absolute atomic E-state index is 0.790. The molecule has 1 aromatic carbocycles. The predicted molar refractivity (Wildman–Crippen MR) is 78.7 cm³/mol. The average molecular weight is 264 g/mol. The van der Waals surface area contributed by atoms with Crippen molar-refractivity contribution >= 4 is 28.8 Å². The van der Waals surface area contributed by atoms with Gasteiger partial charge in [-0.1, -0.05) is 19.1 Å². The summed E-state index contributed by atoms with van der Waals surface area (Å²) in [6.45, 7) is 2.19. The maximum Gasteiger partial charge on any atom is 0.0940 e. The van der Waals surface area contributed by atoms with Crippen molar-refractivity contribution in [3.8, 4) is 11.3 Å². The van der Waals surface area contributed by atoms with Gasteiger partial charge in [-0.15, -0.1) is 11.3 Å². The van der Waals surface area contributed by atoms with E-state index in [2.05, 4.69) is 23.4 Å². The standard InChI is InChI=1S/C13H16N2S2/c1-2-16-7-6-13-15-12(9-17-13)10-4-3-5-11(14)8-10/h3-5,8-9H,2,6-7,14H2,1H3. The van der Waals surface area contributed by atoms with E-state index in [1.54, 1.807) is 11.3 Å². The van der Waals surface area contributed by atoms with Gasteiger partial charge in [-0.25, -0.2) is 4.98 Å². The lowest BCUT2D eigenvalue weighted by molar-refractivity contribution is 1.11. The van der Waals surface area contributed by atoms with Gasteiger partial charge < -0.3 is 5.73 Å². The molecule has 0 unspecified atom stereocenters. The van der Waals surface area contributed by atoms with Crippen LogP contribution in [-0.2, 0) is 6.42 Å². The third kappa shape index (κ3) is 3.48. The van der Waals surface area contributed by atoms with Crippen LogP contribution in [-0.4, -0.2) is 16.5 Å². The first-order chi connectivity index (χ1) is 8.29. The van der Waals surface area contributed by atoms with E-state index in [4.69, 9.17) is 5.73 Å². The van der Waals surface area contributed by atoms with Crippen LogP contribution in [0.15, 0.2) is 29.6 Å². The molecule has 1 aromatic heterocycles. The number of aryl methyl sites for hydroxylation is 1. The van der Waals surface area contributed by atoms with E-state index < -0.39 is 0 Å². The third-order valence-corrected chi connectivity index (χ3v) is 4.21. The molecule has 0 bridgehead atoms. The molecule has 90 valence electrons. The number of nitrogen functional groups attached to an aromatic ring is 1. The molecule has 0 saturated carbocycles. The quantitative estimate of drug-likeness (QED) is 0.661. The average Bonchev–Trinajstić information content (AvgIpc) is 2.78. The first-order valence-corrected chi connectivity index (χ1v) is 7.71. The minimum Gasteiger partial charge on any atom is -0.399 e. The Hall–Kier alpha value is -1.000. The maximum absolute atomic E-state index is 5.77. The van der Waals surface area contributed by atoms with Gasteiger partial charge >= 0.3 is 0 Å². The second-order valence-electron chi connectivity index (χ2n) is 3.70. The highest BCUT2D eigenvalue weighted by Gasteiger charge is 2.04. The second-order valence-corrected chi connectivity index (χ2v) is 6.04. The van der Waals surface area contributed by atoms with Gasteiger partial charge in [-0.05, 0) is 23.6 Å². The maximum atomic E-state index is 5.77. The lowest BCUT2D eigenvalue weighted by Gasteiger charge is -1.98. The van der Waals surface area contributed by atoms with Crippen LogP contribution < -0.4 is 5.73 Å². The molecule has 2 N–H and O–H groups in total. The van der Waals surface area contributed by atoms with E-state index in [0.717, 1.165) is 29.1 Å². The van der Waals surface area contributed by atoms with E-state index in [1.807, 2.05) is 30.0 Å². The fourth-order valence-electron chi connectivity index (χ4n) is 1.56. The van der Waals surface area contributed by atoms with Gasteiger partial charge in [-0.3, -0.25) is 0 Å². The fraction of sp³-hybridized carbons (Fsp3) is 0.308. The number of benzene rings is 1. The molecule has 0 atom stereocenters. The van der Waals surface area contributed by atoms with Crippen molar-refractivity contribution in [2.24, 2.45) is 0 Å². The number of thioether (sulfide) groups is 1. The Kier molecular flexibility index (Phi) is 4.45. The topological polar surface area (TPSA) is 38.9 Å². The molecule has 0 aliphatic heterocycles. The molecule has 2 nitrogen and oxygen atoms in total. The lowest BCUT2D eigenvalue weighted by Crippen LogP contribution is -1.89. The van der Waals surface area contributed by atoms with Crippen LogP contribution >= 0.6 is 23.1 Å². The summed E-state index contributed by atoms with van der Waals surface area (Å²) >= 11 is 3.69. The second kappa shape index (κ2) is 6.07. The van der Waals surface area contributed by atoms with Crippen molar-refractivity contribution in [1.29, 1.82) is 0 Å². The Morgan fingerprint density at radius 3 is 3.06 bits per heavy atom. The predicted octanol–water partition coefficient (Wildman–Crippen LogP) is 3.69. The molecule has 0 radical (unpaired) electrons. The monoisotopic (exact) mass is 264 g/mol. The molecule has 2 rings (SSSR count). The van der Waals surface area contributed by atoms with Gasteiger partial charge in [0.25, 0.3) is 0 Å². The van der Waals surface area contributed by atoms with E-state index >= 15 is 0 Å². The number of anilines is 1. The third-order valence-electron chi connectivity index (χ3n) is 2.40. The SMILES string of the molecule is CCSCCc1nc(-c2cccc(N)c2)cs1. The van der Waals surface area contributed by atoms with Gasteiger partial charge in [0, 0.05) is 23.1 Å². The van der Waals surface area contributed by atoms with Crippen LogP contribution in [0.25, 0.3) is 11.3 Å². The van der Waals surface area contributed by atoms with Gasteiger partial charge in [0.05, 0.1) is 10.7 Å². The van der Waals surface area contributed by atoms with Gasteiger partial charge in [-0.2, -0.15) is 11.8 Å². The molecule has 1 heterocycles. The summed E-state index contributed by atoms with van der Waals surface area (Å²) in [4.78, 5) is 4.64. The summed E-state index contributed by atoms with van der Waals surface area (Å²) < 4.78 is 0. The largest absolute Gasteiger partial charge is 0.399 e. The molecule has 0 fully saturated rings. The number of hydrogen-bond donors (Lipinski definition) is 1. The minimum atomic E-state index is 0.790. The van der Waals surface area contributed by atoms with Crippen molar-refractivity contribution in [3.63, 3.8) is 0 Å². The zero-order valence-corrected chi connectivity index (χ0v) is 11.5. The molecule has 0 aliphatic rings. The summed E-state index contributed by atoms with van der Waals surface area (Å²) in [7, 11) is 0. The van der Waals surface area contributed by atoms with Crippen LogP contribution in [0, 0.1) is 0 Å². The zero-order chi connectivity index (χ0) is 12.1. The summed E-state index contributed by atoms with van der Waals surface area (Å²) in [6, 6.07) is 7.89. The normalized spacial score (nSPS) is 10.6. The van der Waals surface area contributed by atoms with Gasteiger partial charge in [0.2, 0.25) is 0 Å². The van der Waals surface area contributed by atoms with E-state index in [-0.39, 0.29) is 0 Å². The molecule has 0 saturated heterocycles. The smallest absolute Gasteiger partial charge is 0.0940 e. The highest BCUT2D eigenvalue weighted by atomic mass is 32.2. The Balaban J connectivity index is 2.07. The molecule has 0 amide bonds. The fourth-order valence-corrected chi connectivity index (χ4v) is 3.12. The number of hydrogen-bond acceptors (Lipinski definition) is 4. The van der Waals surface area contributed by atoms with E-state index in [9.17, 15) is 0 Å². The van der Waals surface area contributed by atoms with Crippen molar-refractivity contribution in [3.05, 3.63) is 34.7 Å². The molecular weight excluding hydrogens is 248 g/mol. The molecule has 0 spiro atoms. The van der Waals surface area contributed by atoms with Crippen LogP contribution in [0.3, 0.4) is 0 Å². The lowest BCUT2D eigenvalue weighted by atomic mass is 10.1. The van der Waals surface area contributed by atoms with Crippen molar-refractivity contribution < 1.29 is 0 Å². The van der Waals surface area contributed by atoms with Crippen LogP contribution in [0.1, 0.15) is 11.9 Å². The molecule has 17 heavy (non-hydrogen) atoms. The van der Waals surface area contributed by atoms with E-state index in [0.29, 0.717) is 0 Å². The highest BCUT2D eigenvalue weighted by Crippen LogP contribution is 2.24. The zero-order valence-electron chi connectivity index (χ0n) is 9.85. The Labute approximate surface area is 110 Å². The number of nitrogens with zero attached hydrogens (tertiary/aromatic N) is 1. The summed E-state index contributed by atoms with van der Waals surface area (Å²) in [5.74, 6) is 2.33. The summed E-state index contributed by atoms with van der Waals surface area (Å²) in [5.41, 5.74) is 8.71. The van der Waals surface area contributed by atoms with E-state index in [1.165, 1.54) is 10.8 Å². The first kappa shape index (κ1) is 12.5. The van der Waals surface area contributed by atoms with Gasteiger partial charge in [0.1, 0.15) is 0 Å². The van der Waals surface area contributed by atoms with Crippen LogP contribution in [0.5, 0.6) is 0 Å². The summed E-state index contributed by atoms with van der Waals surface area (Å²) in [6.07, 6.45) is 1.06. The number of aromatic nitrogens is 1. The highest BCUT2D eigenvalue weighted by molar-refractivity contribution is 7.99. The molecule has 0 aliphatic carbocycles. The first-order valence-electron chi connectivity index (χ1n) is 5.67. The van der Waals surface area contributed by atoms with Crippen molar-refractivity contribution in [2.75, 3.05) is 17.2 Å². The van der Waals surface area contributed by atoms with Crippen LogP contribution in [0.4, 0.5) is 5.69 Å².